The average Bonchev–Trinajstić information content (AvgIpc) is 2.54. The summed E-state index contributed by atoms with van der Waals surface area (Å²) in [4.78, 5) is 11.6. The van der Waals surface area contributed by atoms with E-state index < -0.39 is 0 Å². The Balaban J connectivity index is 2.21. The maximum absolute atomic E-state index is 11.6. The lowest BCUT2D eigenvalue weighted by atomic mass is 9.96. The van der Waals surface area contributed by atoms with Crippen molar-refractivity contribution in [3.8, 4) is 0 Å². The third-order valence-corrected chi connectivity index (χ3v) is 3.04. The molecule has 0 radical (unpaired) electrons. The molecule has 1 atom stereocenters. The molecule has 0 aromatic heterocycles. The van der Waals surface area contributed by atoms with Crippen LogP contribution >= 0.6 is 0 Å². The van der Waals surface area contributed by atoms with E-state index in [4.69, 9.17) is 0 Å². The molecule has 0 saturated carbocycles. The van der Waals surface area contributed by atoms with Crippen LogP contribution in [0, 0.1) is 0 Å². The Morgan fingerprint density at radius 2 is 2.14 bits per heavy atom. The summed E-state index contributed by atoms with van der Waals surface area (Å²) in [6, 6.07) is 8.07. The fourth-order valence-electron chi connectivity index (χ4n) is 2.26. The van der Waals surface area contributed by atoms with Crippen molar-refractivity contribution in [3.05, 3.63) is 35.4 Å². The zero-order chi connectivity index (χ0) is 9.97. The number of unbranched alkanes of at least 4 members (excludes halogenated alkanes) is 1. The topological polar surface area (TPSA) is 17.1 Å². The smallest absolute Gasteiger partial charge is 0.163 e. The normalized spacial score (nSPS) is 19.8. The Kier molecular flexibility index (Phi) is 2.67. The molecule has 1 nitrogen and oxygen atoms in total. The predicted molar refractivity (Wildman–Crippen MR) is 57.7 cm³/mol. The van der Waals surface area contributed by atoms with Gasteiger partial charge >= 0.3 is 0 Å². The number of hydrogen-bond acceptors (Lipinski definition) is 1. The summed E-state index contributed by atoms with van der Waals surface area (Å²) in [7, 11) is 0. The second-order valence-corrected chi connectivity index (χ2v) is 4.05. The third-order valence-electron chi connectivity index (χ3n) is 3.04. The molecule has 1 aliphatic rings. The first kappa shape index (κ1) is 9.45. The van der Waals surface area contributed by atoms with Crippen LogP contribution in [0.3, 0.4) is 0 Å². The first-order valence-corrected chi connectivity index (χ1v) is 5.45. The van der Waals surface area contributed by atoms with Crippen LogP contribution in [0.1, 0.15) is 54.4 Å². The van der Waals surface area contributed by atoms with E-state index in [-0.39, 0.29) is 0 Å². The molecule has 74 valence electrons. The third kappa shape index (κ3) is 1.59. The van der Waals surface area contributed by atoms with Crippen LogP contribution in [0.2, 0.25) is 0 Å². The van der Waals surface area contributed by atoms with Gasteiger partial charge in [-0.2, -0.15) is 0 Å². The zero-order valence-electron chi connectivity index (χ0n) is 8.62. The number of carbonyl (C=O) groups excluding carboxylic acids is 1. The summed E-state index contributed by atoms with van der Waals surface area (Å²) in [6.45, 7) is 2.20. The summed E-state index contributed by atoms with van der Waals surface area (Å²) in [5.74, 6) is 0.834. The number of rotatable bonds is 3. The van der Waals surface area contributed by atoms with E-state index in [1.807, 2.05) is 18.2 Å². The second-order valence-electron chi connectivity index (χ2n) is 4.05. The molecular weight excluding hydrogens is 172 g/mol. The number of carbonyl (C=O) groups is 1. The highest BCUT2D eigenvalue weighted by molar-refractivity contribution is 6.01. The Labute approximate surface area is 85.1 Å². The van der Waals surface area contributed by atoms with Gasteiger partial charge in [0.05, 0.1) is 0 Å². The van der Waals surface area contributed by atoms with Gasteiger partial charge in [-0.05, 0) is 17.9 Å². The fraction of sp³-hybridized carbons (Fsp3) is 0.462. The molecule has 1 aromatic carbocycles. The number of Topliss-reactive ketones (excluding diaryl/α,β-unsaturated/α-hetero) is 1. The van der Waals surface area contributed by atoms with Gasteiger partial charge in [0.1, 0.15) is 0 Å². The van der Waals surface area contributed by atoms with Crippen molar-refractivity contribution in [1.29, 1.82) is 0 Å². The minimum atomic E-state index is 0.335. The molecule has 1 aromatic rings. The molecule has 1 unspecified atom stereocenters. The lowest BCUT2D eigenvalue weighted by Gasteiger charge is -2.08. The fourth-order valence-corrected chi connectivity index (χ4v) is 2.26. The van der Waals surface area contributed by atoms with Crippen molar-refractivity contribution in [2.24, 2.45) is 0 Å². The van der Waals surface area contributed by atoms with E-state index in [1.165, 1.54) is 24.8 Å². The number of benzene rings is 1. The van der Waals surface area contributed by atoms with Crippen LogP contribution in [0.25, 0.3) is 0 Å². The van der Waals surface area contributed by atoms with E-state index in [2.05, 4.69) is 13.0 Å². The number of hydrogen-bond donors (Lipinski definition) is 0. The molecule has 0 spiro atoms. The maximum atomic E-state index is 11.6. The molecule has 0 aliphatic heterocycles. The quantitative estimate of drug-likeness (QED) is 0.709. The van der Waals surface area contributed by atoms with Gasteiger partial charge in [0.2, 0.25) is 0 Å². The zero-order valence-corrected chi connectivity index (χ0v) is 8.62. The van der Waals surface area contributed by atoms with Crippen LogP contribution in [-0.4, -0.2) is 5.78 Å². The Morgan fingerprint density at radius 1 is 1.36 bits per heavy atom. The van der Waals surface area contributed by atoms with Gasteiger partial charge in [-0.15, -0.1) is 0 Å². The maximum Gasteiger partial charge on any atom is 0.163 e. The molecule has 0 amide bonds. The van der Waals surface area contributed by atoms with Crippen LogP contribution < -0.4 is 0 Å². The summed E-state index contributed by atoms with van der Waals surface area (Å²) >= 11 is 0. The van der Waals surface area contributed by atoms with Crippen molar-refractivity contribution in [2.75, 3.05) is 0 Å². The summed E-state index contributed by atoms with van der Waals surface area (Å²) in [5.41, 5.74) is 2.25. The van der Waals surface area contributed by atoms with Crippen molar-refractivity contribution in [3.63, 3.8) is 0 Å². The molecule has 2 rings (SSSR count). The monoisotopic (exact) mass is 188 g/mol. The lowest BCUT2D eigenvalue weighted by molar-refractivity contribution is 0.0988. The van der Waals surface area contributed by atoms with Gasteiger partial charge in [-0.25, -0.2) is 0 Å². The minimum absolute atomic E-state index is 0.335. The lowest BCUT2D eigenvalue weighted by Crippen LogP contribution is -1.93. The molecule has 0 heterocycles. The summed E-state index contributed by atoms with van der Waals surface area (Å²) < 4.78 is 0. The highest BCUT2D eigenvalue weighted by atomic mass is 16.1. The van der Waals surface area contributed by atoms with E-state index in [0.29, 0.717) is 11.7 Å². The Hall–Kier alpha value is -1.11. The molecule has 0 fully saturated rings. The van der Waals surface area contributed by atoms with E-state index in [0.717, 1.165) is 12.0 Å². The van der Waals surface area contributed by atoms with Crippen LogP contribution in [0.5, 0.6) is 0 Å². The Bertz CT molecular complexity index is 341. The molecule has 0 N–H and O–H groups in total. The molecular formula is C13H16O. The second kappa shape index (κ2) is 3.95. The van der Waals surface area contributed by atoms with Gasteiger partial charge < -0.3 is 0 Å². The van der Waals surface area contributed by atoms with Crippen molar-refractivity contribution in [2.45, 2.75) is 38.5 Å². The SMILES string of the molecule is CCCCC1CC(=O)c2ccccc21. The average molecular weight is 188 g/mol. The van der Waals surface area contributed by atoms with Crippen molar-refractivity contribution >= 4 is 5.78 Å². The first-order chi connectivity index (χ1) is 6.83. The summed E-state index contributed by atoms with van der Waals surface area (Å²) in [5, 5.41) is 0. The van der Waals surface area contributed by atoms with Crippen LogP contribution in [0.15, 0.2) is 24.3 Å². The minimum Gasteiger partial charge on any atom is -0.294 e. The largest absolute Gasteiger partial charge is 0.294 e. The number of ketones is 1. The van der Waals surface area contributed by atoms with E-state index >= 15 is 0 Å². The van der Waals surface area contributed by atoms with Gasteiger partial charge in [0.15, 0.2) is 5.78 Å². The van der Waals surface area contributed by atoms with E-state index in [1.54, 1.807) is 0 Å². The van der Waals surface area contributed by atoms with E-state index in [9.17, 15) is 4.79 Å². The highest BCUT2D eigenvalue weighted by Gasteiger charge is 2.27. The number of fused-ring (bicyclic) bond motifs is 1. The molecule has 14 heavy (non-hydrogen) atoms. The van der Waals surface area contributed by atoms with Crippen molar-refractivity contribution in [1.82, 2.24) is 0 Å². The van der Waals surface area contributed by atoms with Crippen LogP contribution in [0.4, 0.5) is 0 Å². The molecule has 1 heteroatoms. The van der Waals surface area contributed by atoms with Gasteiger partial charge in [-0.1, -0.05) is 44.0 Å². The Morgan fingerprint density at radius 3 is 2.93 bits per heavy atom. The molecule has 1 aliphatic carbocycles. The first-order valence-electron chi connectivity index (χ1n) is 5.45. The van der Waals surface area contributed by atoms with Gasteiger partial charge in [0.25, 0.3) is 0 Å². The standard InChI is InChI=1S/C13H16O/c1-2-3-6-10-9-13(14)12-8-5-4-7-11(10)12/h4-5,7-8,10H,2-3,6,9H2,1H3. The highest BCUT2D eigenvalue weighted by Crippen LogP contribution is 2.36. The van der Waals surface area contributed by atoms with Crippen LogP contribution in [-0.2, 0) is 0 Å². The summed E-state index contributed by atoms with van der Waals surface area (Å²) in [6.07, 6.45) is 4.34. The molecule has 0 saturated heterocycles. The van der Waals surface area contributed by atoms with Gasteiger partial charge in [0, 0.05) is 12.0 Å². The molecule has 0 bridgehead atoms. The van der Waals surface area contributed by atoms with Gasteiger partial charge in [-0.3, -0.25) is 4.79 Å². The van der Waals surface area contributed by atoms with Crippen molar-refractivity contribution < 1.29 is 4.79 Å². The predicted octanol–water partition coefficient (Wildman–Crippen LogP) is 3.55.